The van der Waals surface area contributed by atoms with Gasteiger partial charge in [-0.1, -0.05) is 36.9 Å². The largest absolute Gasteiger partial charge is 0.351 e. The SMILES string of the molecule is Cc1cc([C@H]2[C@@H](c3ccccn3)NC(=S)N2c2ccc(Cl)cc2)c(C)n1C1CCCCC1. The number of aromatic nitrogens is 2. The Morgan fingerprint density at radius 2 is 1.78 bits per heavy atom. The summed E-state index contributed by atoms with van der Waals surface area (Å²) in [5, 5.41) is 5.01. The highest BCUT2D eigenvalue weighted by Crippen LogP contribution is 2.44. The molecule has 2 aliphatic rings. The van der Waals surface area contributed by atoms with E-state index in [-0.39, 0.29) is 12.1 Å². The first-order valence-corrected chi connectivity index (χ1v) is 12.3. The second kappa shape index (κ2) is 8.87. The summed E-state index contributed by atoms with van der Waals surface area (Å²) in [7, 11) is 0. The number of pyridine rings is 1. The standard InChI is InChI=1S/C26H29ClN4S/c1-17-16-22(18(2)30(17)20-8-4-3-5-9-20)25-24(23-10-6-7-15-28-23)29-26(32)31(25)21-13-11-19(27)12-14-21/h6-7,10-16,20,24-25H,3-5,8-9H2,1-2H3,(H,29,32)/t24-,25+/m1/s1. The van der Waals surface area contributed by atoms with Crippen molar-refractivity contribution in [3.63, 3.8) is 0 Å². The van der Waals surface area contributed by atoms with Crippen molar-refractivity contribution in [2.45, 2.75) is 64.1 Å². The van der Waals surface area contributed by atoms with Crippen molar-refractivity contribution >= 4 is 34.6 Å². The highest BCUT2D eigenvalue weighted by Gasteiger charge is 2.42. The third-order valence-electron chi connectivity index (χ3n) is 6.98. The fourth-order valence-corrected chi connectivity index (χ4v) is 6.03. The predicted octanol–water partition coefficient (Wildman–Crippen LogP) is 6.84. The van der Waals surface area contributed by atoms with Gasteiger partial charge in [0.2, 0.25) is 0 Å². The van der Waals surface area contributed by atoms with Crippen molar-refractivity contribution in [1.82, 2.24) is 14.9 Å². The first-order chi connectivity index (χ1) is 15.5. The molecule has 6 heteroatoms. The van der Waals surface area contributed by atoms with Gasteiger partial charge in [-0.3, -0.25) is 4.98 Å². The molecule has 1 aliphatic carbocycles. The molecule has 32 heavy (non-hydrogen) atoms. The zero-order valence-corrected chi connectivity index (χ0v) is 20.2. The monoisotopic (exact) mass is 464 g/mol. The van der Waals surface area contributed by atoms with Gasteiger partial charge in [-0.15, -0.1) is 0 Å². The molecule has 0 spiro atoms. The van der Waals surface area contributed by atoms with E-state index in [0.29, 0.717) is 6.04 Å². The van der Waals surface area contributed by atoms with Crippen LogP contribution in [-0.4, -0.2) is 14.7 Å². The van der Waals surface area contributed by atoms with Gasteiger partial charge < -0.3 is 14.8 Å². The third-order valence-corrected chi connectivity index (χ3v) is 7.55. The topological polar surface area (TPSA) is 33.1 Å². The van der Waals surface area contributed by atoms with Crippen LogP contribution in [0.1, 0.15) is 72.9 Å². The first-order valence-electron chi connectivity index (χ1n) is 11.5. The maximum atomic E-state index is 6.19. The minimum atomic E-state index is -0.0281. The maximum absolute atomic E-state index is 6.19. The lowest BCUT2D eigenvalue weighted by Crippen LogP contribution is -2.29. The molecule has 1 saturated heterocycles. The zero-order chi connectivity index (χ0) is 22.2. The first kappa shape index (κ1) is 21.5. The number of benzene rings is 1. The minimum absolute atomic E-state index is 0.0158. The van der Waals surface area contributed by atoms with Crippen molar-refractivity contribution in [2.24, 2.45) is 0 Å². The van der Waals surface area contributed by atoms with Gasteiger partial charge in [0.05, 0.1) is 17.8 Å². The molecule has 0 bridgehead atoms. The van der Waals surface area contributed by atoms with Crippen LogP contribution >= 0.6 is 23.8 Å². The van der Waals surface area contributed by atoms with Crippen LogP contribution in [0.25, 0.3) is 0 Å². The molecular weight excluding hydrogens is 436 g/mol. The molecule has 1 aliphatic heterocycles. The Kier molecular flexibility index (Phi) is 5.95. The van der Waals surface area contributed by atoms with Crippen LogP contribution in [0.5, 0.6) is 0 Å². The van der Waals surface area contributed by atoms with Crippen LogP contribution in [0.15, 0.2) is 54.7 Å². The van der Waals surface area contributed by atoms with Gasteiger partial charge in [-0.25, -0.2) is 0 Å². The summed E-state index contributed by atoms with van der Waals surface area (Å²) < 4.78 is 2.57. The molecule has 1 N–H and O–H groups in total. The Labute approximate surface area is 200 Å². The number of thiocarbonyl (C=S) groups is 1. The number of anilines is 1. The van der Waals surface area contributed by atoms with Crippen LogP contribution in [0.2, 0.25) is 5.02 Å². The number of nitrogens with zero attached hydrogens (tertiary/aromatic N) is 3. The van der Waals surface area contributed by atoms with E-state index in [9.17, 15) is 0 Å². The average Bonchev–Trinajstić information content (AvgIpc) is 3.31. The second-order valence-corrected chi connectivity index (χ2v) is 9.78. The molecule has 0 unspecified atom stereocenters. The smallest absolute Gasteiger partial charge is 0.174 e. The number of aryl methyl sites for hydroxylation is 1. The van der Waals surface area contributed by atoms with Crippen molar-refractivity contribution in [1.29, 1.82) is 0 Å². The summed E-state index contributed by atoms with van der Waals surface area (Å²) in [5.41, 5.74) is 6.02. The van der Waals surface area contributed by atoms with Crippen molar-refractivity contribution < 1.29 is 0 Å². The molecule has 1 saturated carbocycles. The molecular formula is C26H29ClN4S. The lowest BCUT2D eigenvalue weighted by Gasteiger charge is -2.30. The average molecular weight is 465 g/mol. The quantitative estimate of drug-likeness (QED) is 0.428. The molecule has 1 aromatic carbocycles. The molecule has 5 rings (SSSR count). The van der Waals surface area contributed by atoms with Crippen LogP contribution < -0.4 is 10.2 Å². The zero-order valence-electron chi connectivity index (χ0n) is 18.6. The normalized spacial score (nSPS) is 21.7. The van der Waals surface area contributed by atoms with E-state index in [1.807, 2.05) is 42.6 Å². The Morgan fingerprint density at radius 3 is 2.47 bits per heavy atom. The molecule has 166 valence electrons. The number of nitrogens with one attached hydrogen (secondary N) is 1. The third kappa shape index (κ3) is 3.82. The lowest BCUT2D eigenvalue weighted by molar-refractivity contribution is 0.345. The van der Waals surface area contributed by atoms with Gasteiger partial charge in [-0.05, 0) is 86.9 Å². The number of hydrogen-bond donors (Lipinski definition) is 1. The molecule has 4 nitrogen and oxygen atoms in total. The molecule has 0 radical (unpaired) electrons. The Balaban J connectivity index is 1.62. The van der Waals surface area contributed by atoms with Crippen LogP contribution in [0.4, 0.5) is 5.69 Å². The van der Waals surface area contributed by atoms with E-state index in [1.54, 1.807) is 0 Å². The molecule has 0 amide bonds. The summed E-state index contributed by atoms with van der Waals surface area (Å²) in [6.45, 7) is 4.52. The Bertz CT molecular complexity index is 1100. The van der Waals surface area contributed by atoms with E-state index in [4.69, 9.17) is 23.8 Å². The molecule has 3 aromatic rings. The molecule has 2 aromatic heterocycles. The van der Waals surface area contributed by atoms with E-state index in [2.05, 4.69) is 45.7 Å². The highest BCUT2D eigenvalue weighted by molar-refractivity contribution is 7.80. The van der Waals surface area contributed by atoms with Gasteiger partial charge in [0.15, 0.2) is 5.11 Å². The van der Waals surface area contributed by atoms with Crippen LogP contribution in [-0.2, 0) is 0 Å². The fraction of sp³-hybridized carbons (Fsp3) is 0.385. The summed E-state index contributed by atoms with van der Waals surface area (Å²) in [6, 6.07) is 17.0. The van der Waals surface area contributed by atoms with Crippen molar-refractivity contribution in [3.05, 3.63) is 82.4 Å². The van der Waals surface area contributed by atoms with E-state index < -0.39 is 0 Å². The number of rotatable bonds is 4. The summed E-state index contributed by atoms with van der Waals surface area (Å²) in [4.78, 5) is 6.92. The summed E-state index contributed by atoms with van der Waals surface area (Å²) in [5.74, 6) is 0. The number of halogens is 1. The van der Waals surface area contributed by atoms with E-state index >= 15 is 0 Å². The van der Waals surface area contributed by atoms with E-state index in [1.165, 1.54) is 49.1 Å². The van der Waals surface area contributed by atoms with Crippen LogP contribution in [0, 0.1) is 13.8 Å². The minimum Gasteiger partial charge on any atom is -0.351 e. The predicted molar refractivity (Wildman–Crippen MR) is 135 cm³/mol. The number of hydrogen-bond acceptors (Lipinski definition) is 2. The van der Waals surface area contributed by atoms with Crippen molar-refractivity contribution in [3.8, 4) is 0 Å². The molecule has 2 atom stereocenters. The van der Waals surface area contributed by atoms with Crippen LogP contribution in [0.3, 0.4) is 0 Å². The van der Waals surface area contributed by atoms with Gasteiger partial charge in [0.1, 0.15) is 0 Å². The van der Waals surface area contributed by atoms with Gasteiger partial charge in [0.25, 0.3) is 0 Å². The fourth-order valence-electron chi connectivity index (χ4n) is 5.55. The molecule has 2 fully saturated rings. The Hall–Kier alpha value is -2.37. The lowest BCUT2D eigenvalue weighted by atomic mass is 9.94. The van der Waals surface area contributed by atoms with Crippen molar-refractivity contribution in [2.75, 3.05) is 4.90 Å². The maximum Gasteiger partial charge on any atom is 0.174 e. The summed E-state index contributed by atoms with van der Waals surface area (Å²) in [6.07, 6.45) is 8.38. The summed E-state index contributed by atoms with van der Waals surface area (Å²) >= 11 is 12.1. The second-order valence-electron chi connectivity index (χ2n) is 8.96. The highest BCUT2D eigenvalue weighted by atomic mass is 35.5. The van der Waals surface area contributed by atoms with E-state index in [0.717, 1.165) is 21.5 Å². The molecule has 3 heterocycles. The Morgan fingerprint density at radius 1 is 1.03 bits per heavy atom. The van der Waals surface area contributed by atoms with Gasteiger partial charge in [0, 0.05) is 34.3 Å². The van der Waals surface area contributed by atoms with Gasteiger partial charge >= 0.3 is 0 Å². The van der Waals surface area contributed by atoms with Gasteiger partial charge in [-0.2, -0.15) is 0 Å².